The van der Waals surface area contributed by atoms with Crippen LogP contribution >= 0.6 is 0 Å². The van der Waals surface area contributed by atoms with Gasteiger partial charge in [-0.05, 0) is 6.42 Å². The standard InChI is InChI=1S/C12H21N3/c1-5-10-6-7-15-12(14-4)11(13-3)9(2)8-10/h7-9,13-14H,5-6H2,1-4H3/b10-8?,12-11+,15-7-. The highest BCUT2D eigenvalue weighted by atomic mass is 15.0. The summed E-state index contributed by atoms with van der Waals surface area (Å²) in [5, 5.41) is 6.35. The Morgan fingerprint density at radius 2 is 2.13 bits per heavy atom. The molecule has 1 aliphatic heterocycles. The van der Waals surface area contributed by atoms with Gasteiger partial charge in [-0.15, -0.1) is 0 Å². The summed E-state index contributed by atoms with van der Waals surface area (Å²) in [6.45, 7) is 4.38. The predicted molar refractivity (Wildman–Crippen MR) is 65.8 cm³/mol. The molecule has 1 unspecified atom stereocenters. The number of rotatable bonds is 3. The molecule has 15 heavy (non-hydrogen) atoms. The van der Waals surface area contributed by atoms with E-state index in [1.165, 1.54) is 5.57 Å². The van der Waals surface area contributed by atoms with Crippen molar-refractivity contribution in [1.82, 2.24) is 10.6 Å². The van der Waals surface area contributed by atoms with Crippen molar-refractivity contribution >= 4 is 6.21 Å². The van der Waals surface area contributed by atoms with Gasteiger partial charge in [0.15, 0.2) is 0 Å². The molecule has 0 aliphatic carbocycles. The largest absolute Gasteiger partial charge is 0.388 e. The van der Waals surface area contributed by atoms with Crippen LogP contribution in [0.5, 0.6) is 0 Å². The molecular weight excluding hydrogens is 186 g/mol. The van der Waals surface area contributed by atoms with Crippen molar-refractivity contribution in [3.05, 3.63) is 23.2 Å². The highest BCUT2D eigenvalue weighted by Crippen LogP contribution is 2.19. The minimum atomic E-state index is 0.393. The van der Waals surface area contributed by atoms with E-state index in [-0.39, 0.29) is 0 Å². The maximum atomic E-state index is 4.44. The maximum Gasteiger partial charge on any atom is 0.145 e. The smallest absolute Gasteiger partial charge is 0.145 e. The van der Waals surface area contributed by atoms with Crippen molar-refractivity contribution < 1.29 is 0 Å². The lowest BCUT2D eigenvalue weighted by molar-refractivity contribution is 0.709. The Morgan fingerprint density at radius 3 is 2.67 bits per heavy atom. The van der Waals surface area contributed by atoms with Gasteiger partial charge in [0.25, 0.3) is 0 Å². The lowest BCUT2D eigenvalue weighted by atomic mass is 9.99. The number of hydrogen-bond acceptors (Lipinski definition) is 3. The Bertz CT molecular complexity index is 300. The molecule has 0 radical (unpaired) electrons. The molecule has 0 saturated carbocycles. The van der Waals surface area contributed by atoms with Crippen LogP contribution in [0.15, 0.2) is 28.2 Å². The van der Waals surface area contributed by atoms with E-state index in [1.54, 1.807) is 0 Å². The van der Waals surface area contributed by atoms with E-state index in [2.05, 4.69) is 35.5 Å². The quantitative estimate of drug-likeness (QED) is 0.695. The fraction of sp³-hybridized carbons (Fsp3) is 0.583. The predicted octanol–water partition coefficient (Wildman–Crippen LogP) is 2.04. The van der Waals surface area contributed by atoms with Gasteiger partial charge in [0.2, 0.25) is 0 Å². The third kappa shape index (κ3) is 2.85. The zero-order valence-electron chi connectivity index (χ0n) is 10.1. The molecule has 84 valence electrons. The molecule has 1 rings (SSSR count). The molecule has 1 atom stereocenters. The van der Waals surface area contributed by atoms with Gasteiger partial charge in [-0.1, -0.05) is 25.5 Å². The van der Waals surface area contributed by atoms with Crippen LogP contribution in [-0.2, 0) is 0 Å². The third-order valence-electron chi connectivity index (χ3n) is 2.73. The summed E-state index contributed by atoms with van der Waals surface area (Å²) in [5.74, 6) is 1.33. The van der Waals surface area contributed by atoms with Gasteiger partial charge in [0, 0.05) is 32.6 Å². The Labute approximate surface area is 92.4 Å². The Hall–Kier alpha value is -1.25. The second-order valence-electron chi connectivity index (χ2n) is 3.75. The van der Waals surface area contributed by atoms with Crippen LogP contribution in [0.3, 0.4) is 0 Å². The van der Waals surface area contributed by atoms with Crippen LogP contribution in [0.4, 0.5) is 0 Å². The number of nitrogens with one attached hydrogen (secondary N) is 2. The van der Waals surface area contributed by atoms with Crippen molar-refractivity contribution in [2.24, 2.45) is 10.9 Å². The first-order valence-corrected chi connectivity index (χ1v) is 5.54. The summed E-state index contributed by atoms with van der Waals surface area (Å²) < 4.78 is 0. The number of hydrogen-bond donors (Lipinski definition) is 2. The summed E-state index contributed by atoms with van der Waals surface area (Å²) in [4.78, 5) is 4.44. The van der Waals surface area contributed by atoms with Crippen molar-refractivity contribution in [3.63, 3.8) is 0 Å². The zero-order valence-corrected chi connectivity index (χ0v) is 10.1. The van der Waals surface area contributed by atoms with E-state index in [0.29, 0.717) is 5.92 Å². The zero-order chi connectivity index (χ0) is 11.3. The molecular formula is C12H21N3. The molecule has 0 spiro atoms. The summed E-state index contributed by atoms with van der Waals surface area (Å²) >= 11 is 0. The molecule has 1 aliphatic rings. The number of aliphatic imine (C=N–C) groups is 1. The van der Waals surface area contributed by atoms with E-state index in [1.807, 2.05) is 20.3 Å². The first-order chi connectivity index (χ1) is 7.22. The van der Waals surface area contributed by atoms with Crippen LogP contribution in [0.1, 0.15) is 26.7 Å². The summed E-state index contributed by atoms with van der Waals surface area (Å²) in [6, 6.07) is 0. The van der Waals surface area contributed by atoms with Crippen LogP contribution in [-0.4, -0.2) is 20.3 Å². The molecule has 0 amide bonds. The molecule has 2 N–H and O–H groups in total. The van der Waals surface area contributed by atoms with Gasteiger partial charge in [0.1, 0.15) is 5.82 Å². The van der Waals surface area contributed by atoms with Gasteiger partial charge in [0.05, 0.1) is 5.70 Å². The highest BCUT2D eigenvalue weighted by molar-refractivity contribution is 5.63. The van der Waals surface area contributed by atoms with E-state index in [0.717, 1.165) is 24.4 Å². The molecule has 1 heterocycles. The molecule has 0 aromatic heterocycles. The average Bonchev–Trinajstić information content (AvgIpc) is 2.23. The second kappa shape index (κ2) is 5.59. The van der Waals surface area contributed by atoms with E-state index in [9.17, 15) is 0 Å². The summed E-state index contributed by atoms with van der Waals surface area (Å²) in [6.07, 6.45) is 6.37. The van der Waals surface area contributed by atoms with E-state index < -0.39 is 0 Å². The number of allylic oxidation sites excluding steroid dienone is 2. The molecule has 0 saturated heterocycles. The van der Waals surface area contributed by atoms with Crippen molar-refractivity contribution in [2.45, 2.75) is 26.7 Å². The molecule has 3 heteroatoms. The van der Waals surface area contributed by atoms with Crippen LogP contribution in [0.2, 0.25) is 0 Å². The minimum Gasteiger partial charge on any atom is -0.388 e. The Morgan fingerprint density at radius 1 is 1.40 bits per heavy atom. The monoisotopic (exact) mass is 207 g/mol. The topological polar surface area (TPSA) is 36.4 Å². The highest BCUT2D eigenvalue weighted by Gasteiger charge is 2.12. The summed E-state index contributed by atoms with van der Waals surface area (Å²) in [5.41, 5.74) is 2.61. The van der Waals surface area contributed by atoms with Gasteiger partial charge >= 0.3 is 0 Å². The van der Waals surface area contributed by atoms with E-state index >= 15 is 0 Å². The summed E-state index contributed by atoms with van der Waals surface area (Å²) in [7, 11) is 3.85. The molecule has 0 fully saturated rings. The minimum absolute atomic E-state index is 0.393. The van der Waals surface area contributed by atoms with Crippen LogP contribution in [0.25, 0.3) is 0 Å². The fourth-order valence-electron chi connectivity index (χ4n) is 1.85. The van der Waals surface area contributed by atoms with Gasteiger partial charge in [-0.3, -0.25) is 0 Å². The maximum absolute atomic E-state index is 4.44. The third-order valence-corrected chi connectivity index (χ3v) is 2.73. The van der Waals surface area contributed by atoms with E-state index in [4.69, 9.17) is 0 Å². The van der Waals surface area contributed by atoms with Crippen LogP contribution in [0, 0.1) is 5.92 Å². The lowest BCUT2D eigenvalue weighted by Crippen LogP contribution is -2.21. The Balaban J connectivity index is 3.06. The van der Waals surface area contributed by atoms with Crippen molar-refractivity contribution in [3.8, 4) is 0 Å². The SMILES string of the molecule is CCC1=CC(C)/C(NC)=C(NC)\N=C/C1. The van der Waals surface area contributed by atoms with Crippen LogP contribution < -0.4 is 10.6 Å². The van der Waals surface area contributed by atoms with Gasteiger partial charge in [-0.2, -0.15) is 0 Å². The average molecular weight is 207 g/mol. The molecule has 3 nitrogen and oxygen atoms in total. The lowest BCUT2D eigenvalue weighted by Gasteiger charge is -2.18. The van der Waals surface area contributed by atoms with Crippen molar-refractivity contribution in [1.29, 1.82) is 0 Å². The van der Waals surface area contributed by atoms with Gasteiger partial charge in [-0.25, -0.2) is 4.99 Å². The first kappa shape index (κ1) is 11.8. The molecule has 0 aromatic rings. The van der Waals surface area contributed by atoms with Crippen molar-refractivity contribution in [2.75, 3.05) is 14.1 Å². The first-order valence-electron chi connectivity index (χ1n) is 5.54. The number of nitrogens with zero attached hydrogens (tertiary/aromatic N) is 1. The molecule has 0 aromatic carbocycles. The Kier molecular flexibility index (Phi) is 4.40. The normalized spacial score (nSPS) is 28.8. The van der Waals surface area contributed by atoms with Gasteiger partial charge < -0.3 is 10.6 Å². The second-order valence-corrected chi connectivity index (χ2v) is 3.75. The fourth-order valence-corrected chi connectivity index (χ4v) is 1.85. The molecule has 0 bridgehead atoms.